The summed E-state index contributed by atoms with van der Waals surface area (Å²) < 4.78 is 0. The number of aryl methyl sites for hydroxylation is 1. The van der Waals surface area contributed by atoms with E-state index in [2.05, 4.69) is 38.1 Å². The van der Waals surface area contributed by atoms with Crippen molar-refractivity contribution in [3.05, 3.63) is 35.4 Å². The lowest BCUT2D eigenvalue weighted by Crippen LogP contribution is -2.25. The highest BCUT2D eigenvalue weighted by Gasteiger charge is 2.49. The highest BCUT2D eigenvalue weighted by Crippen LogP contribution is 2.60. The van der Waals surface area contributed by atoms with E-state index in [4.69, 9.17) is 0 Å². The van der Waals surface area contributed by atoms with Crippen molar-refractivity contribution in [1.82, 2.24) is 0 Å². The normalized spacial score (nSPS) is 32.6. The molecule has 0 bridgehead atoms. The number of hydrogen-bond acceptors (Lipinski definition) is 0. The van der Waals surface area contributed by atoms with Crippen molar-refractivity contribution in [2.24, 2.45) is 23.2 Å². The van der Waals surface area contributed by atoms with E-state index in [1.165, 1.54) is 44.1 Å². The molecular weight excluding hydrogens is 288 g/mol. The number of rotatable bonds is 2. The lowest BCUT2D eigenvalue weighted by atomic mass is 9.70. The molecule has 136 valence electrons. The van der Waals surface area contributed by atoms with Crippen molar-refractivity contribution < 1.29 is 0 Å². The van der Waals surface area contributed by atoms with E-state index in [0.29, 0.717) is 0 Å². The summed E-state index contributed by atoms with van der Waals surface area (Å²) in [6, 6.07) is 9.37. The van der Waals surface area contributed by atoms with Crippen LogP contribution in [0.2, 0.25) is 0 Å². The fraction of sp³-hybridized carbons (Fsp3) is 0.750. The maximum atomic E-state index is 2.55. The Morgan fingerprint density at radius 1 is 0.792 bits per heavy atom. The third-order valence-electron chi connectivity index (χ3n) is 6.89. The van der Waals surface area contributed by atoms with Gasteiger partial charge in [-0.05, 0) is 86.5 Å². The summed E-state index contributed by atoms with van der Waals surface area (Å²) in [5.41, 5.74) is 3.76. The number of hydrogen-bond donors (Lipinski definition) is 0. The van der Waals surface area contributed by atoms with Crippen LogP contribution in [0.4, 0.5) is 0 Å². The van der Waals surface area contributed by atoms with Gasteiger partial charge >= 0.3 is 0 Å². The predicted molar refractivity (Wildman–Crippen MR) is 108 cm³/mol. The second-order valence-corrected chi connectivity index (χ2v) is 8.26. The van der Waals surface area contributed by atoms with Gasteiger partial charge < -0.3 is 0 Å². The molecule has 0 radical (unpaired) electrons. The summed E-state index contributed by atoms with van der Waals surface area (Å²) in [5.74, 6) is 3.99. The largest absolute Gasteiger partial charge is 0.0683 e. The molecule has 0 N–H and O–H groups in total. The molecular formula is C24H40. The van der Waals surface area contributed by atoms with Crippen LogP contribution in [0.1, 0.15) is 96.6 Å². The molecule has 4 atom stereocenters. The van der Waals surface area contributed by atoms with Crippen LogP contribution in [0, 0.1) is 30.1 Å². The van der Waals surface area contributed by atoms with E-state index in [1.807, 2.05) is 27.7 Å². The van der Waals surface area contributed by atoms with Gasteiger partial charge in [0.1, 0.15) is 0 Å². The Balaban J connectivity index is 0.000000487. The second-order valence-electron chi connectivity index (χ2n) is 8.26. The fourth-order valence-electron chi connectivity index (χ4n) is 5.10. The third kappa shape index (κ3) is 4.24. The number of benzene rings is 1. The molecule has 0 saturated heterocycles. The van der Waals surface area contributed by atoms with Gasteiger partial charge in [-0.3, -0.25) is 0 Å². The van der Waals surface area contributed by atoms with Gasteiger partial charge in [0.05, 0.1) is 0 Å². The highest BCUT2D eigenvalue weighted by molar-refractivity contribution is 5.25. The molecule has 0 heterocycles. The minimum atomic E-state index is 0.757. The van der Waals surface area contributed by atoms with Crippen LogP contribution in [-0.2, 0) is 0 Å². The first kappa shape index (κ1) is 19.5. The summed E-state index contributed by atoms with van der Waals surface area (Å²) in [5, 5.41) is 0. The van der Waals surface area contributed by atoms with Crippen molar-refractivity contribution in [3.8, 4) is 0 Å². The van der Waals surface area contributed by atoms with E-state index < -0.39 is 0 Å². The van der Waals surface area contributed by atoms with E-state index in [9.17, 15) is 0 Å². The summed E-state index contributed by atoms with van der Waals surface area (Å²) in [7, 11) is 0. The van der Waals surface area contributed by atoms with Crippen LogP contribution in [0.5, 0.6) is 0 Å². The molecule has 0 amide bonds. The molecule has 3 fully saturated rings. The molecule has 0 aromatic heterocycles. The minimum Gasteiger partial charge on any atom is -0.0683 e. The average molecular weight is 329 g/mol. The van der Waals surface area contributed by atoms with Crippen LogP contribution in [0.3, 0.4) is 0 Å². The average Bonchev–Trinajstić information content (AvgIpc) is 3.24. The van der Waals surface area contributed by atoms with Gasteiger partial charge in [0.25, 0.3) is 0 Å². The fourth-order valence-corrected chi connectivity index (χ4v) is 5.10. The molecule has 0 spiro atoms. The van der Waals surface area contributed by atoms with Crippen LogP contribution < -0.4 is 0 Å². The minimum absolute atomic E-state index is 0.757. The van der Waals surface area contributed by atoms with Crippen molar-refractivity contribution in [2.45, 2.75) is 92.4 Å². The van der Waals surface area contributed by atoms with Crippen molar-refractivity contribution in [1.29, 1.82) is 0 Å². The third-order valence-corrected chi connectivity index (χ3v) is 6.89. The maximum absolute atomic E-state index is 2.55. The lowest BCUT2D eigenvalue weighted by molar-refractivity contribution is 0.152. The van der Waals surface area contributed by atoms with Gasteiger partial charge in [0, 0.05) is 0 Å². The number of fused-ring (bicyclic) bond motifs is 1. The van der Waals surface area contributed by atoms with Crippen molar-refractivity contribution in [2.75, 3.05) is 0 Å². The van der Waals surface area contributed by atoms with Crippen LogP contribution in [0.15, 0.2) is 24.3 Å². The first-order chi connectivity index (χ1) is 11.6. The van der Waals surface area contributed by atoms with Gasteiger partial charge in [-0.1, -0.05) is 64.4 Å². The van der Waals surface area contributed by atoms with Crippen LogP contribution >= 0.6 is 0 Å². The van der Waals surface area contributed by atoms with E-state index in [-0.39, 0.29) is 0 Å². The van der Waals surface area contributed by atoms with E-state index in [1.54, 1.807) is 12.0 Å². The molecule has 24 heavy (non-hydrogen) atoms. The van der Waals surface area contributed by atoms with Gasteiger partial charge in [-0.2, -0.15) is 0 Å². The van der Waals surface area contributed by atoms with E-state index >= 15 is 0 Å². The highest BCUT2D eigenvalue weighted by atomic mass is 14.5. The monoisotopic (exact) mass is 328 g/mol. The molecule has 4 unspecified atom stereocenters. The standard InChI is InChI=1S/C20H28.2C2H6/c1-14-3-5-15(6-4-14)17-11-16-7-8-19(13-18(16)12-17)20(2)9-10-20;2*1-2/h3-6,16-19H,7-13H2,1-2H3;2*1-2H3. The van der Waals surface area contributed by atoms with Crippen molar-refractivity contribution >= 4 is 0 Å². The first-order valence-electron chi connectivity index (χ1n) is 10.7. The Labute approximate surface area is 151 Å². The zero-order valence-corrected chi connectivity index (χ0v) is 17.1. The molecule has 0 nitrogen and oxygen atoms in total. The van der Waals surface area contributed by atoms with Gasteiger partial charge in [0.15, 0.2) is 0 Å². The summed E-state index contributed by atoms with van der Waals surface area (Å²) in [4.78, 5) is 0. The predicted octanol–water partition coefficient (Wildman–Crippen LogP) is 7.76. The Morgan fingerprint density at radius 2 is 1.38 bits per heavy atom. The molecule has 4 rings (SSSR count). The second kappa shape index (κ2) is 8.54. The summed E-state index contributed by atoms with van der Waals surface area (Å²) in [6.07, 6.45) is 10.6. The quantitative estimate of drug-likeness (QED) is 0.520. The van der Waals surface area contributed by atoms with Gasteiger partial charge in [0.2, 0.25) is 0 Å². The molecule has 0 heteroatoms. The molecule has 3 aliphatic rings. The van der Waals surface area contributed by atoms with E-state index in [0.717, 1.165) is 29.1 Å². The maximum Gasteiger partial charge on any atom is -0.0156 e. The smallest absolute Gasteiger partial charge is 0.0156 e. The van der Waals surface area contributed by atoms with Crippen LogP contribution in [-0.4, -0.2) is 0 Å². The zero-order valence-electron chi connectivity index (χ0n) is 17.1. The molecule has 3 aliphatic carbocycles. The Bertz CT molecular complexity index is 479. The summed E-state index contributed by atoms with van der Waals surface area (Å²) in [6.45, 7) is 12.7. The SMILES string of the molecule is CC.CC.Cc1ccc(C2CC3CCC(C4(C)CC4)CC3C2)cc1. The summed E-state index contributed by atoms with van der Waals surface area (Å²) >= 11 is 0. The molecule has 1 aromatic carbocycles. The van der Waals surface area contributed by atoms with Crippen molar-refractivity contribution in [3.63, 3.8) is 0 Å². The Hall–Kier alpha value is -0.780. The van der Waals surface area contributed by atoms with Gasteiger partial charge in [-0.15, -0.1) is 0 Å². The first-order valence-corrected chi connectivity index (χ1v) is 10.7. The Kier molecular flexibility index (Phi) is 6.96. The molecule has 0 aliphatic heterocycles. The van der Waals surface area contributed by atoms with Crippen LogP contribution in [0.25, 0.3) is 0 Å². The lowest BCUT2D eigenvalue weighted by Gasteiger charge is -2.35. The van der Waals surface area contributed by atoms with Gasteiger partial charge in [-0.25, -0.2) is 0 Å². The molecule has 1 aromatic rings. The Morgan fingerprint density at radius 3 is 1.96 bits per heavy atom. The topological polar surface area (TPSA) is 0 Å². The zero-order chi connectivity index (χ0) is 17.7. The molecule has 3 saturated carbocycles.